The van der Waals surface area contributed by atoms with Gasteiger partial charge < -0.3 is 0 Å². The molecule has 0 heterocycles. The van der Waals surface area contributed by atoms with Crippen molar-refractivity contribution in [3.8, 4) is 11.1 Å². The third kappa shape index (κ3) is 2.70. The van der Waals surface area contributed by atoms with E-state index in [1.165, 1.54) is 22.3 Å². The van der Waals surface area contributed by atoms with Crippen molar-refractivity contribution >= 4 is 39.2 Å². The van der Waals surface area contributed by atoms with Crippen LogP contribution >= 0.6 is 33.2 Å². The van der Waals surface area contributed by atoms with Crippen LogP contribution < -0.4 is 0 Å². The fraction of sp³-hybridized carbons (Fsp3) is 0.200. The molecule has 0 aliphatic heterocycles. The average molecular weight is 328 g/mol. The Bertz CT molecular complexity index is 559. The standard InChI is InChI=1S/C15H13Cl3Si/c16-19(17,18)10-9-15-13-7-3-1-5-11(13)12-6-2-4-8-14(12)15/h1-8,15H,9-10H2. The van der Waals surface area contributed by atoms with Crippen LogP contribution in [0, 0.1) is 0 Å². The van der Waals surface area contributed by atoms with E-state index in [0.29, 0.717) is 12.0 Å². The normalized spacial score (nSPS) is 14.3. The van der Waals surface area contributed by atoms with Gasteiger partial charge in [-0.2, -0.15) is 0 Å². The third-order valence-electron chi connectivity index (χ3n) is 3.68. The van der Waals surface area contributed by atoms with Crippen molar-refractivity contribution in [1.29, 1.82) is 0 Å². The van der Waals surface area contributed by atoms with Gasteiger partial charge in [0.15, 0.2) is 0 Å². The predicted molar refractivity (Wildman–Crippen MR) is 86.5 cm³/mol. The van der Waals surface area contributed by atoms with E-state index in [2.05, 4.69) is 48.5 Å². The highest BCUT2D eigenvalue weighted by Gasteiger charge is 2.32. The lowest BCUT2D eigenvalue weighted by Gasteiger charge is -2.15. The maximum Gasteiger partial charge on any atom is 0.341 e. The Kier molecular flexibility index (Phi) is 3.65. The van der Waals surface area contributed by atoms with E-state index in [0.717, 1.165) is 6.42 Å². The molecule has 3 rings (SSSR count). The van der Waals surface area contributed by atoms with Gasteiger partial charge in [-0.25, -0.2) is 0 Å². The molecule has 0 nitrogen and oxygen atoms in total. The number of halogens is 3. The summed E-state index contributed by atoms with van der Waals surface area (Å²) in [5.41, 5.74) is 5.39. The summed E-state index contributed by atoms with van der Waals surface area (Å²) >= 11 is 18.1. The zero-order valence-electron chi connectivity index (χ0n) is 10.2. The zero-order chi connectivity index (χ0) is 13.5. The first-order valence-electron chi connectivity index (χ1n) is 6.31. The van der Waals surface area contributed by atoms with Crippen LogP contribution in [0.3, 0.4) is 0 Å². The Morgan fingerprint density at radius 2 is 1.26 bits per heavy atom. The van der Waals surface area contributed by atoms with E-state index in [-0.39, 0.29) is 0 Å². The highest BCUT2D eigenvalue weighted by molar-refractivity contribution is 7.64. The second kappa shape index (κ2) is 5.14. The molecular weight excluding hydrogens is 315 g/mol. The van der Waals surface area contributed by atoms with Gasteiger partial charge in [0.1, 0.15) is 0 Å². The summed E-state index contributed by atoms with van der Waals surface area (Å²) in [7, 11) is 0. The Hall–Kier alpha value is -0.473. The molecule has 0 unspecified atom stereocenters. The lowest BCUT2D eigenvalue weighted by molar-refractivity contribution is 0.793. The monoisotopic (exact) mass is 326 g/mol. The number of hydrogen-bond acceptors (Lipinski definition) is 0. The largest absolute Gasteiger partial charge is 0.341 e. The molecule has 0 radical (unpaired) electrons. The minimum atomic E-state index is -2.55. The van der Waals surface area contributed by atoms with Gasteiger partial charge in [-0.1, -0.05) is 48.5 Å². The summed E-state index contributed by atoms with van der Waals surface area (Å²) < 4.78 is 0. The van der Waals surface area contributed by atoms with Gasteiger partial charge in [0.05, 0.1) is 0 Å². The molecule has 0 aromatic heterocycles. The smallest absolute Gasteiger partial charge is 0.126 e. The molecule has 1 aliphatic rings. The van der Waals surface area contributed by atoms with Crippen molar-refractivity contribution in [2.75, 3.05) is 0 Å². The van der Waals surface area contributed by atoms with Gasteiger partial charge in [-0.05, 0) is 34.7 Å². The molecule has 0 fully saturated rings. The minimum absolute atomic E-state index is 0.371. The van der Waals surface area contributed by atoms with Gasteiger partial charge >= 0.3 is 6.00 Å². The second-order valence-electron chi connectivity index (χ2n) is 4.88. The van der Waals surface area contributed by atoms with Crippen molar-refractivity contribution in [1.82, 2.24) is 0 Å². The van der Waals surface area contributed by atoms with Crippen molar-refractivity contribution in [2.24, 2.45) is 0 Å². The maximum atomic E-state index is 6.04. The molecule has 4 heteroatoms. The Labute approximate surface area is 128 Å². The highest BCUT2D eigenvalue weighted by Crippen LogP contribution is 2.47. The highest BCUT2D eigenvalue weighted by atomic mass is 35.8. The molecule has 98 valence electrons. The van der Waals surface area contributed by atoms with Gasteiger partial charge in [0, 0.05) is 5.92 Å². The Balaban J connectivity index is 2.00. The molecule has 0 atom stereocenters. The fourth-order valence-corrected chi connectivity index (χ4v) is 4.48. The van der Waals surface area contributed by atoms with E-state index < -0.39 is 6.00 Å². The van der Waals surface area contributed by atoms with Crippen LogP contribution in [0.4, 0.5) is 0 Å². The van der Waals surface area contributed by atoms with E-state index in [4.69, 9.17) is 33.2 Å². The number of benzene rings is 2. The summed E-state index contributed by atoms with van der Waals surface area (Å²) in [6, 6.07) is 15.2. The van der Waals surface area contributed by atoms with E-state index >= 15 is 0 Å². The number of hydrogen-bond donors (Lipinski definition) is 0. The molecule has 0 N–H and O–H groups in total. The zero-order valence-corrected chi connectivity index (χ0v) is 13.5. The Morgan fingerprint density at radius 1 is 0.789 bits per heavy atom. The molecule has 19 heavy (non-hydrogen) atoms. The van der Waals surface area contributed by atoms with Crippen LogP contribution in [-0.4, -0.2) is 6.00 Å². The van der Waals surface area contributed by atoms with E-state index in [1.807, 2.05) is 0 Å². The summed E-state index contributed by atoms with van der Waals surface area (Å²) in [6.07, 6.45) is 0.913. The third-order valence-corrected chi connectivity index (χ3v) is 6.24. The van der Waals surface area contributed by atoms with Crippen molar-refractivity contribution in [3.63, 3.8) is 0 Å². The van der Waals surface area contributed by atoms with Crippen molar-refractivity contribution in [2.45, 2.75) is 18.4 Å². The topological polar surface area (TPSA) is 0 Å². The van der Waals surface area contributed by atoms with Gasteiger partial charge in [0.2, 0.25) is 0 Å². The lowest BCUT2D eigenvalue weighted by atomic mass is 9.94. The maximum absolute atomic E-state index is 6.04. The number of rotatable bonds is 3. The average Bonchev–Trinajstić information content (AvgIpc) is 2.70. The van der Waals surface area contributed by atoms with Crippen LogP contribution in [0.15, 0.2) is 48.5 Å². The predicted octanol–water partition coefficient (Wildman–Crippen LogP) is 5.84. The van der Waals surface area contributed by atoms with Crippen LogP contribution in [0.25, 0.3) is 11.1 Å². The van der Waals surface area contributed by atoms with Gasteiger partial charge in [-0.15, -0.1) is 33.2 Å². The first kappa shape index (κ1) is 13.5. The molecule has 0 spiro atoms. The fourth-order valence-electron chi connectivity index (χ4n) is 2.88. The van der Waals surface area contributed by atoms with E-state index in [1.54, 1.807) is 0 Å². The van der Waals surface area contributed by atoms with Gasteiger partial charge in [-0.3, -0.25) is 0 Å². The Morgan fingerprint density at radius 3 is 1.74 bits per heavy atom. The van der Waals surface area contributed by atoms with Crippen molar-refractivity contribution in [3.05, 3.63) is 59.7 Å². The minimum Gasteiger partial charge on any atom is -0.126 e. The first-order valence-corrected chi connectivity index (χ1v) is 11.6. The van der Waals surface area contributed by atoms with Gasteiger partial charge in [0.25, 0.3) is 0 Å². The molecule has 0 saturated carbocycles. The molecule has 1 aliphatic carbocycles. The van der Waals surface area contributed by atoms with Crippen LogP contribution in [0.5, 0.6) is 0 Å². The number of fused-ring (bicyclic) bond motifs is 3. The summed E-state index contributed by atoms with van der Waals surface area (Å²) in [5, 5.41) is 0. The molecule has 0 amide bonds. The summed E-state index contributed by atoms with van der Waals surface area (Å²) in [4.78, 5) is 0. The summed E-state index contributed by atoms with van der Waals surface area (Å²) in [6.45, 7) is 0. The van der Waals surface area contributed by atoms with Crippen LogP contribution in [0.2, 0.25) is 6.04 Å². The first-order chi connectivity index (χ1) is 9.06. The summed E-state index contributed by atoms with van der Waals surface area (Å²) in [5.74, 6) is 0.371. The molecule has 2 aromatic carbocycles. The SMILES string of the molecule is Cl[Si](Cl)(Cl)CCC1c2ccccc2-c2ccccc21. The molecule has 0 bridgehead atoms. The van der Waals surface area contributed by atoms with E-state index in [9.17, 15) is 0 Å². The van der Waals surface area contributed by atoms with Crippen LogP contribution in [-0.2, 0) is 0 Å². The van der Waals surface area contributed by atoms with Crippen LogP contribution in [0.1, 0.15) is 23.5 Å². The molecule has 0 saturated heterocycles. The quantitative estimate of drug-likeness (QED) is 0.490. The lowest BCUT2D eigenvalue weighted by Crippen LogP contribution is -2.10. The van der Waals surface area contributed by atoms with Crippen molar-refractivity contribution < 1.29 is 0 Å². The molecular formula is C15H13Cl3Si. The second-order valence-corrected chi connectivity index (χ2v) is 14.2. The molecule has 2 aromatic rings.